The van der Waals surface area contributed by atoms with Gasteiger partial charge in [-0.25, -0.2) is 4.39 Å². The number of halogens is 1. The third kappa shape index (κ3) is 2.55. The fourth-order valence-corrected chi connectivity index (χ4v) is 1.58. The molecule has 2 aromatic rings. The number of nitrogens with zero attached hydrogens (tertiary/aromatic N) is 2. The van der Waals surface area contributed by atoms with Crippen molar-refractivity contribution in [2.75, 3.05) is 12.3 Å². The topological polar surface area (TPSA) is 53.1 Å². The molecule has 0 radical (unpaired) electrons. The van der Waals surface area contributed by atoms with Gasteiger partial charge in [-0.05, 0) is 18.2 Å². The Hall–Kier alpha value is -2.04. The van der Waals surface area contributed by atoms with Crippen molar-refractivity contribution < 1.29 is 9.13 Å². The Kier molecular flexibility index (Phi) is 3.27. The maximum atomic E-state index is 13.4. The third-order valence-corrected chi connectivity index (χ3v) is 2.52. The van der Waals surface area contributed by atoms with Gasteiger partial charge in [-0.1, -0.05) is 6.07 Å². The molecule has 0 fully saturated rings. The molecule has 2 rings (SSSR count). The van der Waals surface area contributed by atoms with Crippen LogP contribution in [0, 0.1) is 5.82 Å². The Labute approximate surface area is 98.8 Å². The highest BCUT2D eigenvalue weighted by Gasteiger charge is 2.07. The van der Waals surface area contributed by atoms with Crippen molar-refractivity contribution in [2.24, 2.45) is 7.05 Å². The first kappa shape index (κ1) is 11.4. The predicted octanol–water partition coefficient (Wildman–Crippen LogP) is 1.76. The summed E-state index contributed by atoms with van der Waals surface area (Å²) >= 11 is 0. The number of hydrogen-bond donors (Lipinski definition) is 1. The van der Waals surface area contributed by atoms with Crippen LogP contribution in [0.4, 0.5) is 10.1 Å². The summed E-state index contributed by atoms with van der Waals surface area (Å²) in [6, 6.07) is 6.39. The van der Waals surface area contributed by atoms with E-state index in [0.717, 1.165) is 5.69 Å². The smallest absolute Gasteiger partial charge is 0.177 e. The van der Waals surface area contributed by atoms with Gasteiger partial charge < -0.3 is 10.5 Å². The van der Waals surface area contributed by atoms with E-state index in [1.54, 1.807) is 23.0 Å². The Morgan fingerprint density at radius 2 is 2.24 bits per heavy atom. The van der Waals surface area contributed by atoms with Gasteiger partial charge in [0, 0.05) is 25.4 Å². The van der Waals surface area contributed by atoms with Crippen LogP contribution in [-0.4, -0.2) is 16.4 Å². The zero-order valence-corrected chi connectivity index (χ0v) is 9.56. The summed E-state index contributed by atoms with van der Waals surface area (Å²) in [6.45, 7) is 0.366. The number of nitrogens with two attached hydrogens (primary N) is 1. The molecular weight excluding hydrogens is 221 g/mol. The molecule has 1 heterocycles. The van der Waals surface area contributed by atoms with Gasteiger partial charge in [-0.2, -0.15) is 5.10 Å². The normalized spacial score (nSPS) is 10.5. The van der Waals surface area contributed by atoms with Crippen LogP contribution in [0.5, 0.6) is 5.75 Å². The number of hydrogen-bond acceptors (Lipinski definition) is 3. The van der Waals surface area contributed by atoms with E-state index in [0.29, 0.717) is 18.7 Å². The molecule has 2 N–H and O–H groups in total. The lowest BCUT2D eigenvalue weighted by atomic mass is 10.3. The van der Waals surface area contributed by atoms with Crippen molar-refractivity contribution >= 4 is 5.69 Å². The second-order valence-electron chi connectivity index (χ2n) is 3.70. The van der Waals surface area contributed by atoms with Gasteiger partial charge in [0.2, 0.25) is 0 Å². The van der Waals surface area contributed by atoms with Crippen molar-refractivity contribution in [3.63, 3.8) is 0 Å². The molecule has 0 aliphatic carbocycles. The molecule has 1 aromatic heterocycles. The third-order valence-electron chi connectivity index (χ3n) is 2.52. The van der Waals surface area contributed by atoms with Gasteiger partial charge >= 0.3 is 0 Å². The molecule has 17 heavy (non-hydrogen) atoms. The number of aromatic nitrogens is 2. The second kappa shape index (κ2) is 4.86. The zero-order valence-electron chi connectivity index (χ0n) is 9.56. The first-order valence-electron chi connectivity index (χ1n) is 5.32. The van der Waals surface area contributed by atoms with Gasteiger partial charge in [0.25, 0.3) is 0 Å². The van der Waals surface area contributed by atoms with E-state index in [4.69, 9.17) is 10.5 Å². The number of anilines is 1. The lowest BCUT2D eigenvalue weighted by Crippen LogP contribution is -2.08. The average molecular weight is 235 g/mol. The number of rotatable bonds is 4. The van der Waals surface area contributed by atoms with Gasteiger partial charge in [-0.3, -0.25) is 4.68 Å². The summed E-state index contributed by atoms with van der Waals surface area (Å²) in [5, 5.41) is 4.04. The number of para-hydroxylation sites is 1. The molecule has 0 unspecified atom stereocenters. The fourth-order valence-electron chi connectivity index (χ4n) is 1.58. The molecule has 4 nitrogen and oxygen atoms in total. The highest BCUT2D eigenvalue weighted by atomic mass is 19.1. The van der Waals surface area contributed by atoms with Gasteiger partial charge in [-0.15, -0.1) is 0 Å². The minimum Gasteiger partial charge on any atom is -0.488 e. The number of nitrogen functional groups attached to an aromatic ring is 1. The predicted molar refractivity (Wildman–Crippen MR) is 63.2 cm³/mol. The van der Waals surface area contributed by atoms with Crippen LogP contribution < -0.4 is 10.5 Å². The first-order valence-corrected chi connectivity index (χ1v) is 5.32. The highest BCUT2D eigenvalue weighted by molar-refractivity contribution is 5.52. The van der Waals surface area contributed by atoms with E-state index in [2.05, 4.69) is 5.10 Å². The summed E-state index contributed by atoms with van der Waals surface area (Å²) in [6.07, 6.45) is 2.37. The van der Waals surface area contributed by atoms with Gasteiger partial charge in [0.05, 0.1) is 12.3 Å². The molecule has 0 aliphatic rings. The molecule has 90 valence electrons. The van der Waals surface area contributed by atoms with E-state index in [9.17, 15) is 4.39 Å². The van der Waals surface area contributed by atoms with Crippen molar-refractivity contribution in [3.8, 4) is 5.75 Å². The van der Waals surface area contributed by atoms with E-state index in [-0.39, 0.29) is 5.75 Å². The first-order chi connectivity index (χ1) is 8.18. The Balaban J connectivity index is 1.97. The highest BCUT2D eigenvalue weighted by Crippen LogP contribution is 2.24. The van der Waals surface area contributed by atoms with Crippen LogP contribution in [0.2, 0.25) is 0 Å². The molecule has 1 aromatic carbocycles. The second-order valence-corrected chi connectivity index (χ2v) is 3.70. The molecule has 0 amide bonds. The monoisotopic (exact) mass is 235 g/mol. The van der Waals surface area contributed by atoms with Crippen molar-refractivity contribution in [1.82, 2.24) is 9.78 Å². The minimum atomic E-state index is -0.435. The number of benzene rings is 1. The lowest BCUT2D eigenvalue weighted by Gasteiger charge is -2.09. The molecule has 0 spiro atoms. The number of ether oxygens (including phenoxy) is 1. The molecule has 0 saturated heterocycles. The van der Waals surface area contributed by atoms with E-state index in [1.165, 1.54) is 6.07 Å². The standard InChI is InChI=1S/C12H14FN3O/c1-16-9(5-7-15-16)6-8-17-12-10(13)3-2-4-11(12)14/h2-5,7H,6,8,14H2,1H3. The Morgan fingerprint density at radius 1 is 1.41 bits per heavy atom. The van der Waals surface area contributed by atoms with Crippen LogP contribution in [0.25, 0.3) is 0 Å². The molecular formula is C12H14FN3O. The van der Waals surface area contributed by atoms with Crippen molar-refractivity contribution in [3.05, 3.63) is 42.0 Å². The maximum absolute atomic E-state index is 13.4. The zero-order chi connectivity index (χ0) is 12.3. The Morgan fingerprint density at radius 3 is 2.88 bits per heavy atom. The molecule has 0 saturated carbocycles. The van der Waals surface area contributed by atoms with Crippen LogP contribution >= 0.6 is 0 Å². The maximum Gasteiger partial charge on any atom is 0.177 e. The van der Waals surface area contributed by atoms with E-state index in [1.807, 2.05) is 13.1 Å². The van der Waals surface area contributed by atoms with Crippen LogP contribution in [0.3, 0.4) is 0 Å². The van der Waals surface area contributed by atoms with Crippen LogP contribution in [-0.2, 0) is 13.5 Å². The quantitative estimate of drug-likeness (QED) is 0.821. The summed E-state index contributed by atoms with van der Waals surface area (Å²) in [5.41, 5.74) is 6.97. The van der Waals surface area contributed by atoms with E-state index < -0.39 is 5.82 Å². The SMILES string of the molecule is Cn1nccc1CCOc1c(N)cccc1F. The summed E-state index contributed by atoms with van der Waals surface area (Å²) in [7, 11) is 1.85. The van der Waals surface area contributed by atoms with Crippen molar-refractivity contribution in [2.45, 2.75) is 6.42 Å². The van der Waals surface area contributed by atoms with Crippen LogP contribution in [0.1, 0.15) is 5.69 Å². The Bertz CT molecular complexity index is 490. The largest absolute Gasteiger partial charge is 0.488 e. The fraction of sp³-hybridized carbons (Fsp3) is 0.250. The molecule has 0 bridgehead atoms. The molecule has 0 aliphatic heterocycles. The summed E-state index contributed by atoms with van der Waals surface area (Å²) in [4.78, 5) is 0. The lowest BCUT2D eigenvalue weighted by molar-refractivity contribution is 0.304. The summed E-state index contributed by atoms with van der Waals surface area (Å²) < 4.78 is 20.5. The molecule has 0 atom stereocenters. The molecule has 5 heteroatoms. The number of aryl methyl sites for hydroxylation is 1. The summed E-state index contributed by atoms with van der Waals surface area (Å²) in [5.74, 6) is -0.315. The van der Waals surface area contributed by atoms with Crippen molar-refractivity contribution in [1.29, 1.82) is 0 Å². The van der Waals surface area contributed by atoms with Crippen LogP contribution in [0.15, 0.2) is 30.5 Å². The van der Waals surface area contributed by atoms with Gasteiger partial charge in [0.1, 0.15) is 0 Å². The van der Waals surface area contributed by atoms with E-state index >= 15 is 0 Å². The van der Waals surface area contributed by atoms with Gasteiger partial charge in [0.15, 0.2) is 11.6 Å². The minimum absolute atomic E-state index is 0.120. The average Bonchev–Trinajstić information content (AvgIpc) is 2.69.